The number of alkyl halides is 2. The van der Waals surface area contributed by atoms with Crippen molar-refractivity contribution >= 4 is 18.2 Å². The van der Waals surface area contributed by atoms with Crippen LogP contribution >= 0.6 is 0 Å². The average Bonchev–Trinajstić information content (AvgIpc) is 2.76. The van der Waals surface area contributed by atoms with Crippen molar-refractivity contribution < 1.29 is 32.6 Å². The molecule has 0 N–H and O–H groups in total. The Morgan fingerprint density at radius 3 is 1.67 bits per heavy atom. The number of benzene rings is 2. The molecule has 0 spiro atoms. The Hall–Kier alpha value is -3.17. The minimum atomic E-state index is -2.60. The van der Waals surface area contributed by atoms with Gasteiger partial charge in [-0.25, -0.2) is 18.4 Å². The molecule has 0 fully saturated rings. The largest absolute Gasteiger partial charge is 0.465 e. The molecule has 0 saturated carbocycles. The smallest absolute Gasteiger partial charge is 0.337 e. The zero-order valence-electron chi connectivity index (χ0n) is 19.7. The van der Waals surface area contributed by atoms with Crippen LogP contribution in [0.1, 0.15) is 54.2 Å². The molecule has 0 amide bonds. The van der Waals surface area contributed by atoms with E-state index in [1.54, 1.807) is 18.2 Å². The van der Waals surface area contributed by atoms with E-state index in [4.69, 9.17) is 0 Å². The lowest BCUT2D eigenvalue weighted by Crippen LogP contribution is -2.12. The highest BCUT2D eigenvalue weighted by molar-refractivity contribution is 5.92. The molecule has 0 aliphatic rings. The van der Waals surface area contributed by atoms with Gasteiger partial charge in [0.15, 0.2) is 0 Å². The lowest BCUT2D eigenvalue weighted by atomic mass is 10.1. The van der Waals surface area contributed by atoms with E-state index >= 15 is 0 Å². The summed E-state index contributed by atoms with van der Waals surface area (Å²) >= 11 is 0. The number of hydrogen-bond acceptors (Lipinski definition) is 7. The van der Waals surface area contributed by atoms with Crippen molar-refractivity contribution in [2.75, 3.05) is 42.4 Å². The Labute approximate surface area is 192 Å². The molecule has 0 aliphatic heterocycles. The summed E-state index contributed by atoms with van der Waals surface area (Å²) in [6.07, 6.45) is -1.87. The third-order valence-corrected chi connectivity index (χ3v) is 4.26. The van der Waals surface area contributed by atoms with Gasteiger partial charge in [-0.2, -0.15) is 0 Å². The number of rotatable bonds is 8. The molecular formula is C24H30F2N2O5. The van der Waals surface area contributed by atoms with Gasteiger partial charge < -0.3 is 19.3 Å². The predicted molar refractivity (Wildman–Crippen MR) is 121 cm³/mol. The van der Waals surface area contributed by atoms with Crippen molar-refractivity contribution in [1.82, 2.24) is 9.80 Å². The molecule has 0 aromatic heterocycles. The second-order valence-corrected chi connectivity index (χ2v) is 7.80. The summed E-state index contributed by atoms with van der Waals surface area (Å²) in [7, 11) is 10.0. The van der Waals surface area contributed by atoms with E-state index in [1.165, 1.54) is 26.4 Å². The van der Waals surface area contributed by atoms with Gasteiger partial charge in [0.25, 0.3) is 6.43 Å². The molecular weight excluding hydrogens is 434 g/mol. The number of ether oxygens (including phenoxy) is 2. The highest BCUT2D eigenvalue weighted by atomic mass is 19.3. The minimum Gasteiger partial charge on any atom is -0.465 e. The van der Waals surface area contributed by atoms with Crippen LogP contribution in [0.3, 0.4) is 0 Å². The third kappa shape index (κ3) is 9.46. The topological polar surface area (TPSA) is 76.1 Å². The number of methoxy groups -OCH3 is 2. The number of esters is 2. The van der Waals surface area contributed by atoms with Crippen LogP contribution < -0.4 is 0 Å². The van der Waals surface area contributed by atoms with E-state index in [2.05, 4.69) is 9.47 Å². The van der Waals surface area contributed by atoms with Crippen molar-refractivity contribution in [3.63, 3.8) is 0 Å². The number of nitrogens with zero attached hydrogens (tertiary/aromatic N) is 2. The van der Waals surface area contributed by atoms with Gasteiger partial charge >= 0.3 is 11.9 Å². The van der Waals surface area contributed by atoms with Crippen molar-refractivity contribution in [3.8, 4) is 0 Å². The average molecular weight is 465 g/mol. The molecule has 0 aliphatic carbocycles. The first-order chi connectivity index (χ1) is 15.5. The van der Waals surface area contributed by atoms with E-state index in [9.17, 15) is 23.2 Å². The summed E-state index contributed by atoms with van der Waals surface area (Å²) in [5.74, 6) is -1.03. The molecule has 0 radical (unpaired) electrons. The molecule has 0 atom stereocenters. The van der Waals surface area contributed by atoms with Crippen LogP contribution in [-0.4, -0.2) is 70.4 Å². The van der Waals surface area contributed by atoms with Crippen LogP contribution in [0.2, 0.25) is 0 Å². The summed E-state index contributed by atoms with van der Waals surface area (Å²) in [5, 5.41) is 0. The normalized spacial score (nSPS) is 10.6. The van der Waals surface area contributed by atoms with Crippen LogP contribution in [0.4, 0.5) is 8.78 Å². The van der Waals surface area contributed by atoms with Gasteiger partial charge in [-0.15, -0.1) is 0 Å². The lowest BCUT2D eigenvalue weighted by molar-refractivity contribution is 0.0591. The Kier molecular flexibility index (Phi) is 11.3. The number of hydrogen-bond donors (Lipinski definition) is 0. The third-order valence-electron chi connectivity index (χ3n) is 4.26. The van der Waals surface area contributed by atoms with Crippen molar-refractivity contribution in [2.24, 2.45) is 0 Å². The van der Waals surface area contributed by atoms with Gasteiger partial charge in [-0.3, -0.25) is 4.79 Å². The molecule has 0 unspecified atom stereocenters. The molecule has 0 heterocycles. The quantitative estimate of drug-likeness (QED) is 0.434. The van der Waals surface area contributed by atoms with Crippen LogP contribution in [-0.2, 0) is 22.6 Å². The standard InChI is InChI=1S/C12H15F2NO2.C12H15NO3/c1-15(2)7-8-4-9(11(13)14)6-10(5-8)12(16)17-3;1-13(2)7-9-4-10(8-14)6-11(5-9)12(15)16-3/h4-6,11H,7H2,1-3H3;4-6,8H,7H2,1-3H3. The molecule has 7 nitrogen and oxygen atoms in total. The molecule has 2 aromatic carbocycles. The SMILES string of the molecule is COC(=O)c1cc(C=O)cc(CN(C)C)c1.COC(=O)c1cc(CN(C)C)cc(C(F)F)c1. The summed E-state index contributed by atoms with van der Waals surface area (Å²) in [4.78, 5) is 37.3. The zero-order valence-corrected chi connectivity index (χ0v) is 19.7. The van der Waals surface area contributed by atoms with Crippen LogP contribution in [0.5, 0.6) is 0 Å². The van der Waals surface area contributed by atoms with E-state index in [0.717, 1.165) is 17.9 Å². The zero-order chi connectivity index (χ0) is 25.1. The fraction of sp³-hybridized carbons (Fsp3) is 0.375. The van der Waals surface area contributed by atoms with Gasteiger partial charge in [-0.05, 0) is 75.7 Å². The Morgan fingerprint density at radius 1 is 0.818 bits per heavy atom. The minimum absolute atomic E-state index is 0.155. The maximum atomic E-state index is 12.7. The van der Waals surface area contributed by atoms with Gasteiger partial charge in [-0.1, -0.05) is 0 Å². The molecule has 0 bridgehead atoms. The summed E-state index contributed by atoms with van der Waals surface area (Å²) in [6, 6.07) is 9.15. The fourth-order valence-electron chi connectivity index (χ4n) is 3.02. The first-order valence-electron chi connectivity index (χ1n) is 9.97. The predicted octanol–water partition coefficient (Wildman–Crippen LogP) is 3.82. The van der Waals surface area contributed by atoms with E-state index < -0.39 is 18.4 Å². The van der Waals surface area contributed by atoms with Crippen molar-refractivity contribution in [1.29, 1.82) is 0 Å². The van der Waals surface area contributed by atoms with Gasteiger partial charge in [0.05, 0.1) is 25.3 Å². The number of carbonyl (C=O) groups excluding carboxylic acids is 3. The second-order valence-electron chi connectivity index (χ2n) is 7.80. The second kappa shape index (κ2) is 13.4. The first kappa shape index (κ1) is 27.9. The Bertz CT molecular complexity index is 962. The van der Waals surface area contributed by atoms with Gasteiger partial charge in [0, 0.05) is 24.2 Å². The molecule has 2 rings (SSSR count). The highest BCUT2D eigenvalue weighted by Gasteiger charge is 2.14. The van der Waals surface area contributed by atoms with E-state index in [-0.39, 0.29) is 11.1 Å². The maximum Gasteiger partial charge on any atom is 0.337 e. The van der Waals surface area contributed by atoms with Gasteiger partial charge in [0.2, 0.25) is 0 Å². The van der Waals surface area contributed by atoms with Gasteiger partial charge in [0.1, 0.15) is 6.29 Å². The van der Waals surface area contributed by atoms with Crippen molar-refractivity contribution in [3.05, 3.63) is 69.8 Å². The Morgan fingerprint density at radius 2 is 1.27 bits per heavy atom. The maximum absolute atomic E-state index is 12.7. The monoisotopic (exact) mass is 464 g/mol. The number of aldehydes is 1. The Balaban J connectivity index is 0.000000331. The van der Waals surface area contributed by atoms with E-state index in [0.29, 0.717) is 29.8 Å². The summed E-state index contributed by atoms with van der Waals surface area (Å²) in [5.41, 5.74) is 2.46. The van der Waals surface area contributed by atoms with Crippen LogP contribution in [0.15, 0.2) is 36.4 Å². The molecule has 33 heavy (non-hydrogen) atoms. The fourth-order valence-corrected chi connectivity index (χ4v) is 3.02. The number of halogens is 2. The molecule has 2 aromatic rings. The molecule has 9 heteroatoms. The molecule has 0 saturated heterocycles. The van der Waals surface area contributed by atoms with Crippen LogP contribution in [0.25, 0.3) is 0 Å². The number of carbonyl (C=O) groups is 3. The highest BCUT2D eigenvalue weighted by Crippen LogP contribution is 2.22. The lowest BCUT2D eigenvalue weighted by Gasteiger charge is -2.12. The summed E-state index contributed by atoms with van der Waals surface area (Å²) < 4.78 is 34.5. The summed E-state index contributed by atoms with van der Waals surface area (Å²) in [6.45, 7) is 1.16. The molecule has 180 valence electrons. The first-order valence-corrected chi connectivity index (χ1v) is 9.97. The van der Waals surface area contributed by atoms with Crippen molar-refractivity contribution in [2.45, 2.75) is 19.5 Å². The van der Waals surface area contributed by atoms with E-state index in [1.807, 2.05) is 38.0 Å². The van der Waals surface area contributed by atoms with Crippen LogP contribution in [0, 0.1) is 0 Å².